The molecule has 7 N–H and O–H groups in total. The summed E-state index contributed by atoms with van der Waals surface area (Å²) in [7, 11) is 0. The van der Waals surface area contributed by atoms with Crippen LogP contribution in [-0.4, -0.2) is 127 Å². The Morgan fingerprint density at radius 2 is 0.527 bits per heavy atom. The predicted molar refractivity (Wildman–Crippen MR) is 444 cm³/mol. The number of rotatable bonds is 15. The van der Waals surface area contributed by atoms with Crippen LogP contribution in [0.15, 0.2) is 129 Å². The van der Waals surface area contributed by atoms with Crippen molar-refractivity contribution in [3.8, 4) is 23.0 Å². The van der Waals surface area contributed by atoms with Gasteiger partial charge in [0.2, 0.25) is 12.2 Å². The van der Waals surface area contributed by atoms with Gasteiger partial charge >= 0.3 is 23.9 Å². The maximum atomic E-state index is 12.0. The summed E-state index contributed by atoms with van der Waals surface area (Å²) in [5.41, 5.74) is 10.8. The Bertz CT molecular complexity index is 3830. The van der Waals surface area contributed by atoms with E-state index in [0.29, 0.717) is 23.0 Å². The molecule has 2 saturated carbocycles. The molecule has 6 aromatic rings. The van der Waals surface area contributed by atoms with Crippen LogP contribution in [0.2, 0.25) is 0 Å². The molecule has 112 heavy (non-hydrogen) atoms. The van der Waals surface area contributed by atoms with Crippen molar-refractivity contribution in [3.63, 3.8) is 0 Å². The Hall–Kier alpha value is -8.44. The normalized spacial score (nSPS) is 17.1. The Balaban J connectivity index is 0.000000430. The fraction of sp³-hybridized carbons (Fsp3) is 0.511. The van der Waals surface area contributed by atoms with Gasteiger partial charge in [0.1, 0.15) is 23.0 Å². The Morgan fingerprint density at radius 3 is 0.688 bits per heavy atom. The number of carbonyl (C=O) groups excluding carboxylic acids is 2. The van der Waals surface area contributed by atoms with E-state index in [-0.39, 0.29) is 112 Å². The number of phenolic OH excluding ortho intramolecular Hbond substituents is 4. The topological polar surface area (TPSA) is 295 Å². The van der Waals surface area contributed by atoms with Crippen molar-refractivity contribution in [2.24, 2.45) is 20.0 Å². The minimum absolute atomic E-state index is 0. The van der Waals surface area contributed by atoms with E-state index in [1.54, 1.807) is 12.1 Å². The molecule has 2 radical (unpaired) electrons. The number of carboxylic acid groups (broad SMARTS) is 3. The molecule has 6 atom stereocenters. The zero-order chi connectivity index (χ0) is 83.2. The first-order chi connectivity index (χ1) is 50.5. The molecule has 2 fully saturated rings. The summed E-state index contributed by atoms with van der Waals surface area (Å²) in [5.74, 6) is -5.19. The third kappa shape index (κ3) is 28.6. The van der Waals surface area contributed by atoms with Gasteiger partial charge in [0.05, 0.1) is 35.3 Å². The zero-order valence-corrected chi connectivity index (χ0v) is 72.8. The molecule has 8 rings (SSSR count). The summed E-state index contributed by atoms with van der Waals surface area (Å²) in [6.07, 6.45) is 11.4. The fourth-order valence-electron chi connectivity index (χ4n) is 12.6. The second-order valence-corrected chi connectivity index (χ2v) is 37.4. The van der Waals surface area contributed by atoms with Gasteiger partial charge in [0.15, 0.2) is 0 Å². The molecule has 20 heteroatoms. The number of aromatic hydroxyl groups is 4. The summed E-state index contributed by atoms with van der Waals surface area (Å²) in [5, 5.41) is 70.8. The Morgan fingerprint density at radius 1 is 0.339 bits per heavy atom. The number of aliphatic carboxylic acids is 3. The first-order valence-electron chi connectivity index (χ1n) is 38.3. The van der Waals surface area contributed by atoms with Crippen LogP contribution in [0.25, 0.3) is 0 Å². The fourth-order valence-corrected chi connectivity index (χ4v) is 12.6. The first kappa shape index (κ1) is 97.8. The Kier molecular flexibility index (Phi) is 34.9. The molecule has 616 valence electrons. The third-order valence-corrected chi connectivity index (χ3v) is 19.5. The van der Waals surface area contributed by atoms with Crippen LogP contribution in [0.1, 0.15) is 312 Å². The van der Waals surface area contributed by atoms with Crippen molar-refractivity contribution in [2.75, 3.05) is 0 Å². The summed E-state index contributed by atoms with van der Waals surface area (Å²) >= 11 is 0. The minimum atomic E-state index is -2.21. The van der Waals surface area contributed by atoms with Crippen LogP contribution >= 0.6 is 0 Å². The second kappa shape index (κ2) is 40.0. The maximum Gasteiger partial charge on any atom is 0.349 e. The van der Waals surface area contributed by atoms with E-state index in [1.807, 2.05) is 24.9 Å². The number of phenols is 4. The zero-order valence-electron chi connectivity index (χ0n) is 70.8. The molecule has 0 saturated heterocycles. The van der Waals surface area contributed by atoms with Crippen molar-refractivity contribution >= 4 is 54.7 Å². The van der Waals surface area contributed by atoms with Crippen LogP contribution in [0.4, 0.5) is 0 Å². The number of esters is 2. The summed E-state index contributed by atoms with van der Waals surface area (Å²) < 4.78 is 9.52. The number of aliphatic imine (C=N–C) groups is 4. The minimum Gasteiger partial charge on any atom is -0.507 e. The molecule has 6 aromatic carbocycles. The molecule has 0 aromatic heterocycles. The predicted octanol–water partition coefficient (Wildman–Crippen LogP) is 20.0. The van der Waals surface area contributed by atoms with E-state index in [4.69, 9.17) is 39.3 Å². The quantitative estimate of drug-likeness (QED) is 0.0372. The number of ether oxygens (including phenoxy) is 2. The third-order valence-electron chi connectivity index (χ3n) is 19.5. The van der Waals surface area contributed by atoms with E-state index in [9.17, 15) is 49.8 Å². The Labute approximate surface area is 687 Å². The first-order valence-corrected chi connectivity index (χ1v) is 38.3. The molecule has 0 amide bonds. The monoisotopic (exact) mass is 1630 g/mol. The van der Waals surface area contributed by atoms with Gasteiger partial charge in [-0.15, -0.1) is 0 Å². The van der Waals surface area contributed by atoms with Gasteiger partial charge in [0.25, 0.3) is 5.97 Å². The molecule has 0 bridgehead atoms. The maximum absolute atomic E-state index is 12.0. The van der Waals surface area contributed by atoms with Gasteiger partial charge in [-0.25, -0.2) is 19.2 Å². The van der Waals surface area contributed by atoms with E-state index in [0.717, 1.165) is 103 Å². The van der Waals surface area contributed by atoms with Crippen molar-refractivity contribution in [2.45, 2.75) is 304 Å². The number of carboxylic acids is 3. The second-order valence-electron chi connectivity index (χ2n) is 37.4. The van der Waals surface area contributed by atoms with Crippen molar-refractivity contribution < 1.29 is 103 Å². The molecule has 0 spiro atoms. The molecule has 0 heterocycles. The van der Waals surface area contributed by atoms with Gasteiger partial charge in [-0.2, -0.15) is 0 Å². The molecular formula is C92H126Co2N4O14. The van der Waals surface area contributed by atoms with E-state index in [1.165, 1.54) is 70.8 Å². The average molecular weight is 1630 g/mol. The summed E-state index contributed by atoms with van der Waals surface area (Å²) in [6, 6.07) is 31.9. The van der Waals surface area contributed by atoms with Crippen molar-refractivity contribution in [3.05, 3.63) is 187 Å². The SMILES string of the molecule is CC(=O)O.CC(C)(C)c1cc(C=N[C@@H]2CCCC[C@H]2N=Cc2cc(C(C)(C)C)cc(C(C)(C)C)c2O)c(O)c(C(C)(C)C)c1.CC(C)(C)c1cc(C=N[C@@H]2CCCC[C@H]2N=Cc2cc(C(C)(C)C)cc(C(C)(C)C)c2O)c(O)c(C(C)(C)C)c1.O=C(O[C@@H](C(=O)O)[C@@H](OC(=O)c1ccccc1)C(=O)O)c1ccccc1.[Co].[Co]. The molecule has 0 aliphatic heterocycles. The van der Waals surface area contributed by atoms with Crippen LogP contribution < -0.4 is 0 Å². The standard InChI is InChI=1S/2C36H54N2O2.C18H14O8.C2H4O2.2Co/c2*1-33(2,3)25-17-23(31(39)27(19-25)35(7,8)9)21-37-29-15-13-14-16-30(29)38-22-24-18-26(34(4,5)6)20-28(32(24)40)36(10,11)12;19-15(20)13(25-17(23)11-7-3-1-4-8-11)14(16(21)22)26-18(24)12-9-5-2-6-10-12;1-2(3)4;;/h2*17-22,29-30,39-40H,13-16H2,1-12H3;1-10,13-14H,(H,19,20)(H,21,22);1H3,(H,3,4);;/t2*29-,30-;13-,14-;;;/m111.../s1. The van der Waals surface area contributed by atoms with Crippen molar-refractivity contribution in [1.29, 1.82) is 0 Å². The van der Waals surface area contributed by atoms with Gasteiger partial charge in [0, 0.05) is 110 Å². The molecular weight excluding hydrogens is 1500 g/mol. The number of hydrogen-bond donors (Lipinski definition) is 7. The van der Waals surface area contributed by atoms with E-state index < -0.39 is 42.1 Å². The van der Waals surface area contributed by atoms with Gasteiger partial charge in [-0.05, 0) is 140 Å². The molecule has 18 nitrogen and oxygen atoms in total. The molecule has 2 aliphatic carbocycles. The molecule has 2 aliphatic rings. The van der Waals surface area contributed by atoms with Crippen LogP contribution in [0.5, 0.6) is 23.0 Å². The van der Waals surface area contributed by atoms with Gasteiger partial charge in [-0.3, -0.25) is 24.8 Å². The summed E-state index contributed by atoms with van der Waals surface area (Å²) in [6.45, 7) is 53.1. The van der Waals surface area contributed by atoms with Gasteiger partial charge < -0.3 is 45.2 Å². The number of hydrogen-bond acceptors (Lipinski definition) is 15. The number of carbonyl (C=O) groups is 5. The van der Waals surface area contributed by atoms with Crippen LogP contribution in [0.3, 0.4) is 0 Å². The number of nitrogens with zero attached hydrogens (tertiary/aromatic N) is 4. The van der Waals surface area contributed by atoms with Crippen LogP contribution in [0, 0.1) is 0 Å². The average Bonchev–Trinajstić information content (AvgIpc) is 0.800. The number of benzene rings is 6. The van der Waals surface area contributed by atoms with Crippen LogP contribution in [-0.2, 0) is 101 Å². The summed E-state index contributed by atoms with van der Waals surface area (Å²) in [4.78, 5) is 76.0. The van der Waals surface area contributed by atoms with E-state index >= 15 is 0 Å². The van der Waals surface area contributed by atoms with Crippen molar-refractivity contribution in [1.82, 2.24) is 0 Å². The molecule has 0 unspecified atom stereocenters. The largest absolute Gasteiger partial charge is 0.507 e. The van der Waals surface area contributed by atoms with E-state index in [2.05, 4.69) is 215 Å². The van der Waals surface area contributed by atoms with Gasteiger partial charge in [-0.1, -0.05) is 253 Å². The smallest absolute Gasteiger partial charge is 0.349 e.